The van der Waals surface area contributed by atoms with Crippen LogP contribution in [0.5, 0.6) is 5.88 Å². The van der Waals surface area contributed by atoms with Gasteiger partial charge in [0.15, 0.2) is 5.65 Å². The lowest BCUT2D eigenvalue weighted by Crippen LogP contribution is -2.23. The Balaban J connectivity index is 2.09. The van der Waals surface area contributed by atoms with Crippen molar-refractivity contribution in [1.29, 1.82) is 0 Å². The van der Waals surface area contributed by atoms with Crippen LogP contribution < -0.4 is 4.74 Å². The molecule has 3 rings (SSSR count). The van der Waals surface area contributed by atoms with Crippen LogP contribution in [0.3, 0.4) is 0 Å². The van der Waals surface area contributed by atoms with Crippen LogP contribution in [0, 0.1) is 0 Å². The molecule has 0 spiro atoms. The summed E-state index contributed by atoms with van der Waals surface area (Å²) in [4.78, 5) is 8.38. The van der Waals surface area contributed by atoms with Gasteiger partial charge in [0.1, 0.15) is 5.60 Å². The second kappa shape index (κ2) is 4.59. The van der Waals surface area contributed by atoms with Gasteiger partial charge in [-0.05, 0) is 39.0 Å². The van der Waals surface area contributed by atoms with Crippen molar-refractivity contribution in [2.24, 2.45) is 0 Å². The minimum Gasteiger partial charge on any atom is -0.471 e. The fraction of sp³-hybridized carbons (Fsp3) is 0.267. The molecule has 0 radical (unpaired) electrons. The highest BCUT2D eigenvalue weighted by Gasteiger charge is 2.14. The number of ether oxygens (including phenoxy) is 1. The maximum Gasteiger partial charge on any atom is 0.232 e. The molecule has 0 unspecified atom stereocenters. The van der Waals surface area contributed by atoms with E-state index < -0.39 is 0 Å². The molecular formula is C15H16N4O. The minimum atomic E-state index is -0.280. The van der Waals surface area contributed by atoms with Crippen LogP contribution in [0.1, 0.15) is 20.8 Å². The van der Waals surface area contributed by atoms with E-state index in [1.54, 1.807) is 23.1 Å². The molecule has 0 saturated carbocycles. The molecule has 102 valence electrons. The van der Waals surface area contributed by atoms with E-state index in [-0.39, 0.29) is 5.60 Å². The summed E-state index contributed by atoms with van der Waals surface area (Å²) in [7, 11) is 0. The molecule has 0 aliphatic rings. The summed E-state index contributed by atoms with van der Waals surface area (Å²) in [6.45, 7) is 5.99. The number of aromatic nitrogens is 4. The van der Waals surface area contributed by atoms with E-state index in [9.17, 15) is 0 Å². The van der Waals surface area contributed by atoms with E-state index in [1.165, 1.54) is 0 Å². The van der Waals surface area contributed by atoms with Crippen molar-refractivity contribution in [1.82, 2.24) is 19.6 Å². The number of imidazole rings is 1. The number of hydrogen-bond donors (Lipinski definition) is 0. The van der Waals surface area contributed by atoms with Crippen molar-refractivity contribution in [3.05, 3.63) is 42.9 Å². The van der Waals surface area contributed by atoms with Gasteiger partial charge in [-0.25, -0.2) is 9.50 Å². The van der Waals surface area contributed by atoms with Gasteiger partial charge in [-0.15, -0.1) is 5.10 Å². The van der Waals surface area contributed by atoms with E-state index in [2.05, 4.69) is 15.1 Å². The highest BCUT2D eigenvalue weighted by molar-refractivity contribution is 5.62. The van der Waals surface area contributed by atoms with Gasteiger partial charge in [0.25, 0.3) is 0 Å². The molecular weight excluding hydrogens is 252 g/mol. The molecule has 5 nitrogen and oxygen atoms in total. The summed E-state index contributed by atoms with van der Waals surface area (Å²) in [6.07, 6.45) is 5.31. The average Bonchev–Trinajstić information content (AvgIpc) is 2.81. The van der Waals surface area contributed by atoms with Crippen LogP contribution >= 0.6 is 0 Å². The molecule has 5 heteroatoms. The fourth-order valence-corrected chi connectivity index (χ4v) is 1.94. The molecule has 0 atom stereocenters. The lowest BCUT2D eigenvalue weighted by atomic mass is 10.2. The second-order valence-corrected chi connectivity index (χ2v) is 5.54. The van der Waals surface area contributed by atoms with Crippen molar-refractivity contribution >= 4 is 5.65 Å². The Morgan fingerprint density at radius 1 is 1.05 bits per heavy atom. The molecule has 3 aromatic heterocycles. The summed E-state index contributed by atoms with van der Waals surface area (Å²) in [5.74, 6) is 0.582. The zero-order valence-electron chi connectivity index (χ0n) is 11.7. The predicted octanol–water partition coefficient (Wildman–Crippen LogP) is 2.97. The molecule has 0 saturated heterocycles. The van der Waals surface area contributed by atoms with E-state index in [0.29, 0.717) is 5.88 Å². The summed E-state index contributed by atoms with van der Waals surface area (Å²) < 4.78 is 7.59. The fourth-order valence-electron chi connectivity index (χ4n) is 1.94. The number of fused-ring (bicyclic) bond motifs is 1. The van der Waals surface area contributed by atoms with Crippen LogP contribution in [-0.4, -0.2) is 25.2 Å². The van der Waals surface area contributed by atoms with Crippen molar-refractivity contribution in [2.45, 2.75) is 26.4 Å². The average molecular weight is 268 g/mol. The third-order valence-corrected chi connectivity index (χ3v) is 2.72. The van der Waals surface area contributed by atoms with Crippen LogP contribution in [0.4, 0.5) is 0 Å². The highest BCUT2D eigenvalue weighted by atomic mass is 16.5. The summed E-state index contributed by atoms with van der Waals surface area (Å²) in [5.41, 5.74) is 2.45. The Morgan fingerprint density at radius 3 is 2.50 bits per heavy atom. The first kappa shape index (κ1) is 12.6. The van der Waals surface area contributed by atoms with E-state index >= 15 is 0 Å². The first-order chi connectivity index (χ1) is 9.53. The van der Waals surface area contributed by atoms with Crippen LogP contribution in [0.2, 0.25) is 0 Å². The van der Waals surface area contributed by atoms with E-state index in [4.69, 9.17) is 4.74 Å². The van der Waals surface area contributed by atoms with Crippen molar-refractivity contribution in [3.63, 3.8) is 0 Å². The van der Waals surface area contributed by atoms with Crippen molar-refractivity contribution in [3.8, 4) is 17.1 Å². The smallest absolute Gasteiger partial charge is 0.232 e. The second-order valence-electron chi connectivity index (χ2n) is 5.54. The van der Waals surface area contributed by atoms with Gasteiger partial charge in [0.05, 0.1) is 11.9 Å². The third-order valence-electron chi connectivity index (χ3n) is 2.72. The molecule has 0 N–H and O–H groups in total. The lowest BCUT2D eigenvalue weighted by Gasteiger charge is -2.20. The van der Waals surface area contributed by atoms with E-state index in [1.807, 2.05) is 45.0 Å². The summed E-state index contributed by atoms with van der Waals surface area (Å²) >= 11 is 0. The van der Waals surface area contributed by atoms with Gasteiger partial charge in [-0.2, -0.15) is 0 Å². The first-order valence-electron chi connectivity index (χ1n) is 6.47. The monoisotopic (exact) mass is 268 g/mol. The number of nitrogens with zero attached hydrogens (tertiary/aromatic N) is 4. The lowest BCUT2D eigenvalue weighted by molar-refractivity contribution is 0.122. The third kappa shape index (κ3) is 2.47. The standard InChI is InChI=1S/C15H16N4O/c1-15(2,3)20-14-5-4-13-17-10-12(19(13)18-14)11-6-8-16-9-7-11/h4-10H,1-3H3. The molecule has 0 fully saturated rings. The zero-order chi connectivity index (χ0) is 14.2. The van der Waals surface area contributed by atoms with Crippen LogP contribution in [-0.2, 0) is 0 Å². The van der Waals surface area contributed by atoms with Gasteiger partial charge < -0.3 is 4.74 Å². The normalized spacial score (nSPS) is 11.8. The maximum atomic E-state index is 5.80. The van der Waals surface area contributed by atoms with Crippen molar-refractivity contribution in [2.75, 3.05) is 0 Å². The SMILES string of the molecule is CC(C)(C)Oc1ccc2ncc(-c3ccncc3)n2n1. The van der Waals surface area contributed by atoms with Crippen molar-refractivity contribution < 1.29 is 4.74 Å². The molecule has 0 aliphatic carbocycles. The summed E-state index contributed by atoms with van der Waals surface area (Å²) in [5, 5.41) is 4.51. The molecule has 0 amide bonds. The molecule has 3 aromatic rings. The molecule has 0 aromatic carbocycles. The van der Waals surface area contributed by atoms with Gasteiger partial charge in [-0.3, -0.25) is 4.98 Å². The van der Waals surface area contributed by atoms with Gasteiger partial charge in [-0.1, -0.05) is 0 Å². The first-order valence-corrected chi connectivity index (χ1v) is 6.47. The van der Waals surface area contributed by atoms with Gasteiger partial charge in [0.2, 0.25) is 5.88 Å². The molecule has 0 bridgehead atoms. The Labute approximate surface area is 117 Å². The van der Waals surface area contributed by atoms with Crippen LogP contribution in [0.25, 0.3) is 16.9 Å². The Hall–Kier alpha value is -2.43. The Kier molecular flexibility index (Phi) is 2.89. The molecule has 3 heterocycles. The van der Waals surface area contributed by atoms with Crippen LogP contribution in [0.15, 0.2) is 42.9 Å². The minimum absolute atomic E-state index is 0.280. The quantitative estimate of drug-likeness (QED) is 0.717. The largest absolute Gasteiger partial charge is 0.471 e. The zero-order valence-corrected chi connectivity index (χ0v) is 11.7. The molecule has 20 heavy (non-hydrogen) atoms. The number of rotatable bonds is 2. The van der Waals surface area contributed by atoms with E-state index in [0.717, 1.165) is 16.9 Å². The molecule has 0 aliphatic heterocycles. The Morgan fingerprint density at radius 2 is 1.80 bits per heavy atom. The van der Waals surface area contributed by atoms with Gasteiger partial charge >= 0.3 is 0 Å². The maximum absolute atomic E-state index is 5.80. The highest BCUT2D eigenvalue weighted by Crippen LogP contribution is 2.21. The number of pyridine rings is 1. The topological polar surface area (TPSA) is 52.3 Å². The summed E-state index contributed by atoms with van der Waals surface area (Å²) in [6, 6.07) is 7.60. The number of hydrogen-bond acceptors (Lipinski definition) is 4. The Bertz CT molecular complexity index is 728. The predicted molar refractivity (Wildman–Crippen MR) is 76.6 cm³/mol. The van der Waals surface area contributed by atoms with Gasteiger partial charge in [0, 0.05) is 24.0 Å².